The van der Waals surface area contributed by atoms with E-state index in [9.17, 15) is 8.78 Å². The van der Waals surface area contributed by atoms with Crippen molar-refractivity contribution >= 4 is 5.76 Å². The highest BCUT2D eigenvalue weighted by atomic mass is 19.3. The maximum atomic E-state index is 12.1. The Hall–Kier alpha value is -1.38. The number of alkyl halides is 2. The van der Waals surface area contributed by atoms with Crippen molar-refractivity contribution in [1.29, 1.82) is 0 Å². The Kier molecular flexibility index (Phi) is 2.23. The third-order valence-electron chi connectivity index (χ3n) is 2.31. The smallest absolute Gasteiger partial charge is 0.387 e. The van der Waals surface area contributed by atoms with Gasteiger partial charge in [-0.05, 0) is 24.5 Å². The average molecular weight is 196 g/mol. The van der Waals surface area contributed by atoms with Gasteiger partial charge in [0.1, 0.15) is 5.76 Å². The maximum absolute atomic E-state index is 12.1. The lowest BCUT2D eigenvalue weighted by Crippen LogP contribution is -1.98. The Morgan fingerprint density at radius 2 is 2.00 bits per heavy atom. The summed E-state index contributed by atoms with van der Waals surface area (Å²) >= 11 is 0. The molecule has 0 unspecified atom stereocenters. The third kappa shape index (κ3) is 1.50. The molecule has 0 saturated heterocycles. The van der Waals surface area contributed by atoms with Crippen LogP contribution in [0.5, 0.6) is 0 Å². The van der Waals surface area contributed by atoms with Crippen LogP contribution in [0.3, 0.4) is 0 Å². The zero-order valence-corrected chi connectivity index (χ0v) is 7.76. The van der Waals surface area contributed by atoms with E-state index in [0.717, 1.165) is 16.7 Å². The summed E-state index contributed by atoms with van der Waals surface area (Å²) in [4.78, 5) is 0. The van der Waals surface area contributed by atoms with Crippen LogP contribution in [-0.2, 0) is 11.2 Å². The fourth-order valence-electron chi connectivity index (χ4n) is 1.74. The van der Waals surface area contributed by atoms with Crippen LogP contribution < -0.4 is 0 Å². The molecule has 0 radical (unpaired) electrons. The Balaban J connectivity index is 2.36. The highest BCUT2D eigenvalue weighted by molar-refractivity contribution is 5.71. The van der Waals surface area contributed by atoms with Gasteiger partial charge in [0.15, 0.2) is 0 Å². The number of rotatable bonds is 2. The van der Waals surface area contributed by atoms with Crippen molar-refractivity contribution in [2.45, 2.75) is 20.0 Å². The average Bonchev–Trinajstić information content (AvgIpc) is 2.43. The summed E-state index contributed by atoms with van der Waals surface area (Å²) in [6.07, 6.45) is 0.707. The van der Waals surface area contributed by atoms with Gasteiger partial charge in [-0.15, -0.1) is 0 Å². The van der Waals surface area contributed by atoms with E-state index >= 15 is 0 Å². The first kappa shape index (κ1) is 9.19. The van der Waals surface area contributed by atoms with Crippen molar-refractivity contribution in [3.8, 4) is 0 Å². The highest BCUT2D eigenvalue weighted by Gasteiger charge is 2.21. The Bertz CT molecular complexity index is 383. The van der Waals surface area contributed by atoms with Crippen LogP contribution >= 0.6 is 0 Å². The van der Waals surface area contributed by atoms with Crippen molar-refractivity contribution in [1.82, 2.24) is 0 Å². The van der Waals surface area contributed by atoms with Crippen LogP contribution in [0.15, 0.2) is 29.8 Å². The largest absolute Gasteiger partial charge is 0.434 e. The molecule has 14 heavy (non-hydrogen) atoms. The number of allylic oxidation sites excluding steroid dienone is 1. The normalized spacial score (nSPS) is 14.9. The van der Waals surface area contributed by atoms with Gasteiger partial charge in [0.05, 0.1) is 0 Å². The maximum Gasteiger partial charge on any atom is 0.387 e. The first-order valence-electron chi connectivity index (χ1n) is 4.41. The van der Waals surface area contributed by atoms with Gasteiger partial charge < -0.3 is 4.74 Å². The molecule has 3 heteroatoms. The molecule has 2 rings (SSSR count). The van der Waals surface area contributed by atoms with E-state index in [1.165, 1.54) is 0 Å². The minimum absolute atomic E-state index is 0.343. The molecule has 1 nitrogen and oxygen atoms in total. The molecule has 0 spiro atoms. The zero-order valence-electron chi connectivity index (χ0n) is 7.76. The lowest BCUT2D eigenvalue weighted by atomic mass is 10.1. The second kappa shape index (κ2) is 3.40. The van der Waals surface area contributed by atoms with Crippen molar-refractivity contribution < 1.29 is 13.5 Å². The molecule has 0 bridgehead atoms. The molecule has 0 aromatic heterocycles. The minimum Gasteiger partial charge on any atom is -0.434 e. The molecule has 0 amide bonds. The molecule has 1 aliphatic rings. The molecule has 1 aromatic carbocycles. The van der Waals surface area contributed by atoms with Crippen LogP contribution in [0, 0.1) is 0 Å². The van der Waals surface area contributed by atoms with Crippen LogP contribution in [0.1, 0.15) is 18.1 Å². The predicted molar refractivity (Wildman–Crippen MR) is 49.8 cm³/mol. The second-order valence-electron chi connectivity index (χ2n) is 3.32. The molecule has 74 valence electrons. The molecule has 0 fully saturated rings. The first-order valence-corrected chi connectivity index (χ1v) is 4.41. The summed E-state index contributed by atoms with van der Waals surface area (Å²) in [7, 11) is 0. The SMILES string of the molecule is CC1=C(OC(F)F)c2ccccc2C1. The number of halogens is 2. The summed E-state index contributed by atoms with van der Waals surface area (Å²) in [5.74, 6) is 0.343. The molecule has 0 N–H and O–H groups in total. The van der Waals surface area contributed by atoms with Crippen LogP contribution in [0.4, 0.5) is 8.78 Å². The number of hydrogen-bond acceptors (Lipinski definition) is 1. The quantitative estimate of drug-likeness (QED) is 0.705. The van der Waals surface area contributed by atoms with Gasteiger partial charge in [0.25, 0.3) is 0 Å². The van der Waals surface area contributed by atoms with Crippen LogP contribution in [0.2, 0.25) is 0 Å². The Morgan fingerprint density at radius 3 is 2.71 bits per heavy atom. The van der Waals surface area contributed by atoms with E-state index in [2.05, 4.69) is 4.74 Å². The number of benzene rings is 1. The van der Waals surface area contributed by atoms with Gasteiger partial charge in [-0.1, -0.05) is 24.3 Å². The monoisotopic (exact) mass is 196 g/mol. The molecular formula is C11H10F2O. The number of ether oxygens (including phenoxy) is 1. The van der Waals surface area contributed by atoms with Gasteiger partial charge in [-0.25, -0.2) is 0 Å². The summed E-state index contributed by atoms with van der Waals surface area (Å²) in [5.41, 5.74) is 2.72. The van der Waals surface area contributed by atoms with Crippen LogP contribution in [-0.4, -0.2) is 6.61 Å². The predicted octanol–water partition coefficient (Wildman–Crippen LogP) is 3.21. The summed E-state index contributed by atoms with van der Waals surface area (Å²) in [6.45, 7) is -0.927. The summed E-state index contributed by atoms with van der Waals surface area (Å²) in [6, 6.07) is 7.47. The lowest BCUT2D eigenvalue weighted by molar-refractivity contribution is -0.0714. The molecule has 1 aliphatic carbocycles. The van der Waals surface area contributed by atoms with E-state index in [1.54, 1.807) is 0 Å². The highest BCUT2D eigenvalue weighted by Crippen LogP contribution is 2.34. The molecule has 0 heterocycles. The van der Waals surface area contributed by atoms with Crippen molar-refractivity contribution in [3.05, 3.63) is 41.0 Å². The Labute approximate surface area is 81.0 Å². The summed E-state index contributed by atoms with van der Waals surface area (Å²) < 4.78 is 28.7. The van der Waals surface area contributed by atoms with E-state index in [1.807, 2.05) is 31.2 Å². The van der Waals surface area contributed by atoms with Gasteiger partial charge in [-0.3, -0.25) is 0 Å². The number of hydrogen-bond donors (Lipinski definition) is 0. The van der Waals surface area contributed by atoms with Gasteiger partial charge in [0.2, 0.25) is 0 Å². The minimum atomic E-state index is -2.74. The fourth-order valence-corrected chi connectivity index (χ4v) is 1.74. The molecule has 1 aromatic rings. The molecule has 0 aliphatic heterocycles. The first-order chi connectivity index (χ1) is 6.68. The topological polar surface area (TPSA) is 9.23 Å². The van der Waals surface area contributed by atoms with Crippen molar-refractivity contribution in [3.63, 3.8) is 0 Å². The Morgan fingerprint density at radius 1 is 1.29 bits per heavy atom. The molecular weight excluding hydrogens is 186 g/mol. The van der Waals surface area contributed by atoms with E-state index < -0.39 is 6.61 Å². The van der Waals surface area contributed by atoms with E-state index in [0.29, 0.717) is 12.2 Å². The zero-order chi connectivity index (χ0) is 10.1. The van der Waals surface area contributed by atoms with Crippen molar-refractivity contribution in [2.24, 2.45) is 0 Å². The third-order valence-corrected chi connectivity index (χ3v) is 2.31. The van der Waals surface area contributed by atoms with E-state index in [4.69, 9.17) is 0 Å². The second-order valence-corrected chi connectivity index (χ2v) is 3.32. The fraction of sp³-hybridized carbons (Fsp3) is 0.273. The van der Waals surface area contributed by atoms with Gasteiger partial charge in [0, 0.05) is 5.56 Å². The van der Waals surface area contributed by atoms with Gasteiger partial charge in [-0.2, -0.15) is 8.78 Å². The lowest BCUT2D eigenvalue weighted by Gasteiger charge is -2.07. The van der Waals surface area contributed by atoms with Crippen molar-refractivity contribution in [2.75, 3.05) is 0 Å². The van der Waals surface area contributed by atoms with Gasteiger partial charge >= 0.3 is 6.61 Å². The van der Waals surface area contributed by atoms with E-state index in [-0.39, 0.29) is 0 Å². The summed E-state index contributed by atoms with van der Waals surface area (Å²) in [5, 5.41) is 0. The number of fused-ring (bicyclic) bond motifs is 1. The molecule has 0 saturated carbocycles. The molecule has 0 atom stereocenters. The standard InChI is InChI=1S/C11H10F2O/c1-7-6-8-4-2-3-5-9(8)10(7)14-11(12)13/h2-5,11H,6H2,1H3. The van der Waals surface area contributed by atoms with Crippen LogP contribution in [0.25, 0.3) is 5.76 Å².